The molecule has 0 saturated carbocycles. The summed E-state index contributed by atoms with van der Waals surface area (Å²) < 4.78 is 0. The zero-order valence-electron chi connectivity index (χ0n) is 13.3. The first-order chi connectivity index (χ1) is 10.6. The summed E-state index contributed by atoms with van der Waals surface area (Å²) >= 11 is 0. The average Bonchev–Trinajstić information content (AvgIpc) is 3.15. The number of likely N-dealkylation sites (tertiary alicyclic amines) is 1. The van der Waals surface area contributed by atoms with E-state index in [1.54, 1.807) is 11.8 Å². The molecule has 0 aromatic heterocycles. The number of fused-ring (bicyclic) bond motifs is 1. The molecular formula is C17H23N3O2. The lowest BCUT2D eigenvalue weighted by Crippen LogP contribution is -2.39. The molecule has 1 aromatic carbocycles. The van der Waals surface area contributed by atoms with Crippen LogP contribution in [0, 0.1) is 0 Å². The third-order valence-electron chi connectivity index (χ3n) is 4.53. The predicted molar refractivity (Wildman–Crippen MR) is 87.1 cm³/mol. The zero-order valence-corrected chi connectivity index (χ0v) is 13.3. The van der Waals surface area contributed by atoms with Crippen LogP contribution in [0.1, 0.15) is 32.3 Å². The Kier molecular flexibility index (Phi) is 4.05. The van der Waals surface area contributed by atoms with Crippen molar-refractivity contribution in [3.63, 3.8) is 0 Å². The molecule has 2 amide bonds. The first-order valence-electron chi connectivity index (χ1n) is 8.02. The molecule has 118 valence electrons. The minimum Gasteiger partial charge on any atom is -0.374 e. The first-order valence-corrected chi connectivity index (χ1v) is 8.02. The molecule has 1 fully saturated rings. The highest BCUT2D eigenvalue weighted by Gasteiger charge is 2.25. The third-order valence-corrected chi connectivity index (χ3v) is 4.53. The molecule has 2 aliphatic rings. The number of hydrogen-bond donors (Lipinski definition) is 1. The second-order valence-electron chi connectivity index (χ2n) is 6.16. The van der Waals surface area contributed by atoms with E-state index in [2.05, 4.69) is 11.4 Å². The van der Waals surface area contributed by atoms with Crippen molar-refractivity contribution in [2.45, 2.75) is 39.2 Å². The van der Waals surface area contributed by atoms with Crippen molar-refractivity contribution >= 4 is 23.2 Å². The average molecular weight is 301 g/mol. The van der Waals surface area contributed by atoms with Crippen LogP contribution < -0.4 is 10.2 Å². The minimum absolute atomic E-state index is 0.0806. The van der Waals surface area contributed by atoms with Gasteiger partial charge in [-0.05, 0) is 49.9 Å². The standard InChI is InChI=1S/C17H23N3O2/c1-12(17(22)19-8-3-4-9-19)18-15-5-6-16-14(11-15)7-10-20(16)13(2)21/h5-6,11-12,18H,3-4,7-10H2,1-2H3/t12-/m0/s1. The number of anilines is 2. The minimum atomic E-state index is -0.221. The van der Waals surface area contributed by atoms with Gasteiger partial charge in [0.15, 0.2) is 0 Å². The van der Waals surface area contributed by atoms with Gasteiger partial charge in [-0.3, -0.25) is 9.59 Å². The van der Waals surface area contributed by atoms with Crippen LogP contribution in [-0.4, -0.2) is 42.4 Å². The summed E-state index contributed by atoms with van der Waals surface area (Å²) in [5.74, 6) is 0.250. The smallest absolute Gasteiger partial charge is 0.244 e. The van der Waals surface area contributed by atoms with Crippen molar-refractivity contribution in [1.82, 2.24) is 4.90 Å². The van der Waals surface area contributed by atoms with Gasteiger partial charge in [0, 0.05) is 37.9 Å². The summed E-state index contributed by atoms with van der Waals surface area (Å²) in [4.78, 5) is 27.6. The van der Waals surface area contributed by atoms with Gasteiger partial charge < -0.3 is 15.1 Å². The van der Waals surface area contributed by atoms with E-state index in [0.717, 1.165) is 50.3 Å². The molecule has 1 atom stereocenters. The molecule has 2 heterocycles. The van der Waals surface area contributed by atoms with Crippen LogP contribution in [0.3, 0.4) is 0 Å². The number of amides is 2. The van der Waals surface area contributed by atoms with Crippen molar-refractivity contribution in [3.8, 4) is 0 Å². The molecule has 0 unspecified atom stereocenters. The van der Waals surface area contributed by atoms with Crippen molar-refractivity contribution in [3.05, 3.63) is 23.8 Å². The maximum absolute atomic E-state index is 12.3. The molecule has 0 bridgehead atoms. The van der Waals surface area contributed by atoms with E-state index < -0.39 is 0 Å². The Bertz CT molecular complexity index is 594. The molecule has 1 N–H and O–H groups in total. The molecule has 0 spiro atoms. The predicted octanol–water partition coefficient (Wildman–Crippen LogP) is 2.02. The van der Waals surface area contributed by atoms with E-state index in [4.69, 9.17) is 0 Å². The fraction of sp³-hybridized carbons (Fsp3) is 0.529. The highest BCUT2D eigenvalue weighted by molar-refractivity contribution is 5.94. The first kappa shape index (κ1) is 14.9. The maximum atomic E-state index is 12.3. The van der Waals surface area contributed by atoms with Crippen LogP contribution >= 0.6 is 0 Å². The molecule has 3 rings (SSSR count). The van der Waals surface area contributed by atoms with Gasteiger partial charge in [-0.25, -0.2) is 0 Å². The Balaban J connectivity index is 1.69. The van der Waals surface area contributed by atoms with Crippen LogP contribution in [0.4, 0.5) is 11.4 Å². The maximum Gasteiger partial charge on any atom is 0.244 e. The summed E-state index contributed by atoms with van der Waals surface area (Å²) in [6.07, 6.45) is 3.09. The fourth-order valence-corrected chi connectivity index (χ4v) is 3.34. The van der Waals surface area contributed by atoms with Crippen LogP contribution in [-0.2, 0) is 16.0 Å². The number of rotatable bonds is 3. The molecule has 1 saturated heterocycles. The number of carbonyl (C=O) groups is 2. The Morgan fingerprint density at radius 2 is 1.91 bits per heavy atom. The Morgan fingerprint density at radius 1 is 1.18 bits per heavy atom. The summed E-state index contributed by atoms with van der Waals surface area (Å²) in [7, 11) is 0. The Morgan fingerprint density at radius 3 is 2.59 bits per heavy atom. The van der Waals surface area contributed by atoms with E-state index >= 15 is 0 Å². The summed E-state index contributed by atoms with van der Waals surface area (Å²) in [5, 5.41) is 3.30. The van der Waals surface area contributed by atoms with Gasteiger partial charge in [0.05, 0.1) is 0 Å². The second-order valence-corrected chi connectivity index (χ2v) is 6.16. The molecule has 0 aliphatic carbocycles. The molecule has 1 aromatic rings. The van der Waals surface area contributed by atoms with Gasteiger partial charge in [0.1, 0.15) is 6.04 Å². The Hall–Kier alpha value is -2.04. The van der Waals surface area contributed by atoms with E-state index in [1.165, 1.54) is 5.56 Å². The van der Waals surface area contributed by atoms with E-state index in [-0.39, 0.29) is 17.9 Å². The largest absolute Gasteiger partial charge is 0.374 e. The van der Waals surface area contributed by atoms with Gasteiger partial charge in [-0.1, -0.05) is 0 Å². The topological polar surface area (TPSA) is 52.7 Å². The summed E-state index contributed by atoms with van der Waals surface area (Å²) in [6.45, 7) is 6.01. The van der Waals surface area contributed by atoms with Crippen LogP contribution in [0.5, 0.6) is 0 Å². The monoisotopic (exact) mass is 301 g/mol. The van der Waals surface area contributed by atoms with Crippen molar-refractivity contribution in [1.29, 1.82) is 0 Å². The SMILES string of the molecule is CC(=O)N1CCc2cc(N[C@@H](C)C(=O)N3CCCC3)ccc21. The molecular weight excluding hydrogens is 278 g/mol. The van der Waals surface area contributed by atoms with Gasteiger partial charge in [0.2, 0.25) is 11.8 Å². The number of benzene rings is 1. The van der Waals surface area contributed by atoms with Gasteiger partial charge >= 0.3 is 0 Å². The van der Waals surface area contributed by atoms with Gasteiger partial charge in [0.25, 0.3) is 0 Å². The molecule has 2 aliphatic heterocycles. The van der Waals surface area contributed by atoms with Crippen LogP contribution in [0.25, 0.3) is 0 Å². The van der Waals surface area contributed by atoms with Crippen molar-refractivity contribution in [2.75, 3.05) is 29.9 Å². The van der Waals surface area contributed by atoms with Crippen molar-refractivity contribution < 1.29 is 9.59 Å². The number of hydrogen-bond acceptors (Lipinski definition) is 3. The summed E-state index contributed by atoms with van der Waals surface area (Å²) in [6, 6.07) is 5.76. The highest BCUT2D eigenvalue weighted by Crippen LogP contribution is 2.30. The van der Waals surface area contributed by atoms with Crippen molar-refractivity contribution in [2.24, 2.45) is 0 Å². The quantitative estimate of drug-likeness (QED) is 0.929. The van der Waals surface area contributed by atoms with Gasteiger partial charge in [-0.15, -0.1) is 0 Å². The molecule has 22 heavy (non-hydrogen) atoms. The van der Waals surface area contributed by atoms with Crippen LogP contribution in [0.2, 0.25) is 0 Å². The highest BCUT2D eigenvalue weighted by atomic mass is 16.2. The molecule has 0 radical (unpaired) electrons. The van der Waals surface area contributed by atoms with E-state index in [9.17, 15) is 9.59 Å². The number of nitrogens with zero attached hydrogens (tertiary/aromatic N) is 2. The Labute approximate surface area is 131 Å². The lowest BCUT2D eigenvalue weighted by molar-refractivity contribution is -0.130. The second kappa shape index (κ2) is 5.99. The zero-order chi connectivity index (χ0) is 15.7. The van der Waals surface area contributed by atoms with Crippen LogP contribution in [0.15, 0.2) is 18.2 Å². The number of carbonyl (C=O) groups excluding carboxylic acids is 2. The van der Waals surface area contributed by atoms with Gasteiger partial charge in [-0.2, -0.15) is 0 Å². The van der Waals surface area contributed by atoms with E-state index in [1.807, 2.05) is 24.0 Å². The number of nitrogens with one attached hydrogen (secondary N) is 1. The third kappa shape index (κ3) is 2.80. The normalized spacial score (nSPS) is 18.3. The lowest BCUT2D eigenvalue weighted by atomic mass is 10.1. The summed E-state index contributed by atoms with van der Waals surface area (Å²) in [5.41, 5.74) is 3.11. The van der Waals surface area contributed by atoms with E-state index in [0.29, 0.717) is 0 Å². The molecule has 5 heteroatoms. The molecule has 5 nitrogen and oxygen atoms in total. The lowest BCUT2D eigenvalue weighted by Gasteiger charge is -2.22. The fourth-order valence-electron chi connectivity index (χ4n) is 3.34.